The van der Waals surface area contributed by atoms with E-state index in [2.05, 4.69) is 19.1 Å². The van der Waals surface area contributed by atoms with Crippen LogP contribution in [0, 0.1) is 0 Å². The van der Waals surface area contributed by atoms with Crippen LogP contribution in [0.15, 0.2) is 18.2 Å². The van der Waals surface area contributed by atoms with Crippen LogP contribution in [0.25, 0.3) is 0 Å². The summed E-state index contributed by atoms with van der Waals surface area (Å²) in [6.45, 7) is 6.86. The molecule has 1 aliphatic heterocycles. The number of nitrogens with two attached hydrogens (primary N) is 1. The molecule has 0 fully saturated rings. The Hall–Kier alpha value is -1.35. The fraction of sp³-hybridized carbons (Fsp3) is 0.533. The third-order valence-corrected chi connectivity index (χ3v) is 3.79. The quantitative estimate of drug-likeness (QED) is 0.887. The summed E-state index contributed by atoms with van der Waals surface area (Å²) in [4.78, 5) is 14.0. The molecule has 1 aromatic carbocycles. The lowest BCUT2D eigenvalue weighted by atomic mass is 9.96. The average molecular weight is 246 g/mol. The average Bonchev–Trinajstić information content (AvgIpc) is 2.62. The van der Waals surface area contributed by atoms with E-state index in [-0.39, 0.29) is 17.9 Å². The lowest BCUT2D eigenvalue weighted by Gasteiger charge is -2.16. The van der Waals surface area contributed by atoms with Crippen LogP contribution in [-0.4, -0.2) is 12.5 Å². The van der Waals surface area contributed by atoms with Gasteiger partial charge in [-0.2, -0.15) is 0 Å². The number of carbonyl (C=O) groups excluding carboxylic acids is 1. The number of benzene rings is 1. The Morgan fingerprint density at radius 1 is 1.39 bits per heavy atom. The Morgan fingerprint density at radius 2 is 2.11 bits per heavy atom. The summed E-state index contributed by atoms with van der Waals surface area (Å²) < 4.78 is 0. The predicted octanol–water partition coefficient (Wildman–Crippen LogP) is 2.96. The Bertz CT molecular complexity index is 456. The Kier molecular flexibility index (Phi) is 3.71. The highest BCUT2D eigenvalue weighted by Gasteiger charge is 2.33. The number of hydrogen-bond donors (Lipinski definition) is 1. The summed E-state index contributed by atoms with van der Waals surface area (Å²) in [6.07, 6.45) is 2.06. The van der Waals surface area contributed by atoms with E-state index in [0.29, 0.717) is 0 Å². The fourth-order valence-corrected chi connectivity index (χ4v) is 2.69. The third-order valence-electron chi connectivity index (χ3n) is 3.79. The van der Waals surface area contributed by atoms with Gasteiger partial charge in [0.15, 0.2) is 0 Å². The highest BCUT2D eigenvalue weighted by molar-refractivity contribution is 6.04. The second kappa shape index (κ2) is 5.11. The minimum Gasteiger partial charge on any atom is -0.324 e. The number of anilines is 1. The summed E-state index contributed by atoms with van der Waals surface area (Å²) in [6, 6.07) is 6.31. The molecule has 2 rings (SSSR count). The van der Waals surface area contributed by atoms with Crippen molar-refractivity contribution in [3.8, 4) is 0 Å². The van der Waals surface area contributed by atoms with Gasteiger partial charge in [0, 0.05) is 18.3 Å². The molecule has 3 heteroatoms. The van der Waals surface area contributed by atoms with Crippen molar-refractivity contribution in [1.29, 1.82) is 0 Å². The standard InChI is InChI=1S/C15H22N2O/c1-4-6-13(16)11-7-8-14-12(9-11)10(3)15(18)17(14)5-2/h7-10,13H,4-6,16H2,1-3H3. The number of carbonyl (C=O) groups is 1. The van der Waals surface area contributed by atoms with Gasteiger partial charge in [-0.25, -0.2) is 0 Å². The van der Waals surface area contributed by atoms with Crippen molar-refractivity contribution in [3.05, 3.63) is 29.3 Å². The summed E-state index contributed by atoms with van der Waals surface area (Å²) in [5.41, 5.74) is 9.48. The summed E-state index contributed by atoms with van der Waals surface area (Å²) in [5.74, 6) is 0.169. The van der Waals surface area contributed by atoms with Gasteiger partial charge in [-0.1, -0.05) is 25.5 Å². The molecule has 1 heterocycles. The fourth-order valence-electron chi connectivity index (χ4n) is 2.69. The zero-order valence-corrected chi connectivity index (χ0v) is 11.4. The molecule has 2 N–H and O–H groups in total. The SMILES string of the molecule is CCCC(N)c1ccc2c(c1)C(C)C(=O)N2CC. The molecule has 0 radical (unpaired) electrons. The van der Waals surface area contributed by atoms with E-state index in [1.54, 1.807) is 0 Å². The van der Waals surface area contributed by atoms with Crippen LogP contribution in [0.5, 0.6) is 0 Å². The number of rotatable bonds is 4. The van der Waals surface area contributed by atoms with E-state index in [0.717, 1.165) is 36.2 Å². The maximum Gasteiger partial charge on any atom is 0.234 e. The number of hydrogen-bond acceptors (Lipinski definition) is 2. The van der Waals surface area contributed by atoms with E-state index in [4.69, 9.17) is 5.73 Å². The smallest absolute Gasteiger partial charge is 0.234 e. The monoisotopic (exact) mass is 246 g/mol. The first-order valence-corrected chi connectivity index (χ1v) is 6.80. The normalized spacial score (nSPS) is 20.1. The van der Waals surface area contributed by atoms with Crippen LogP contribution in [0.4, 0.5) is 5.69 Å². The van der Waals surface area contributed by atoms with Crippen molar-refractivity contribution in [2.75, 3.05) is 11.4 Å². The minimum atomic E-state index is -0.0336. The van der Waals surface area contributed by atoms with Gasteiger partial charge in [0.25, 0.3) is 0 Å². The molecule has 1 aliphatic rings. The summed E-state index contributed by atoms with van der Waals surface area (Å²) in [5, 5.41) is 0. The van der Waals surface area contributed by atoms with Gasteiger partial charge in [0.1, 0.15) is 0 Å². The van der Waals surface area contributed by atoms with Gasteiger partial charge in [-0.15, -0.1) is 0 Å². The molecular weight excluding hydrogens is 224 g/mol. The molecule has 0 saturated carbocycles. The second-order valence-electron chi connectivity index (χ2n) is 5.02. The number of amides is 1. The molecule has 0 saturated heterocycles. The van der Waals surface area contributed by atoms with Gasteiger partial charge in [0.05, 0.1) is 5.92 Å². The number of nitrogens with zero attached hydrogens (tertiary/aromatic N) is 1. The zero-order valence-electron chi connectivity index (χ0n) is 11.4. The molecule has 0 spiro atoms. The highest BCUT2D eigenvalue weighted by Crippen LogP contribution is 2.38. The third kappa shape index (κ3) is 2.03. The molecule has 3 nitrogen and oxygen atoms in total. The van der Waals surface area contributed by atoms with Crippen LogP contribution in [0.3, 0.4) is 0 Å². The maximum atomic E-state index is 12.1. The van der Waals surface area contributed by atoms with Crippen molar-refractivity contribution >= 4 is 11.6 Å². The van der Waals surface area contributed by atoms with E-state index in [9.17, 15) is 4.79 Å². The molecule has 0 bridgehead atoms. The Labute approximate surface area is 109 Å². The van der Waals surface area contributed by atoms with E-state index >= 15 is 0 Å². The van der Waals surface area contributed by atoms with Crippen molar-refractivity contribution in [3.63, 3.8) is 0 Å². The molecule has 1 amide bonds. The summed E-state index contributed by atoms with van der Waals surface area (Å²) >= 11 is 0. The molecule has 98 valence electrons. The predicted molar refractivity (Wildman–Crippen MR) is 74.7 cm³/mol. The van der Waals surface area contributed by atoms with Crippen molar-refractivity contribution in [2.45, 2.75) is 45.6 Å². The topological polar surface area (TPSA) is 46.3 Å². The van der Waals surface area contributed by atoms with Crippen molar-refractivity contribution in [1.82, 2.24) is 0 Å². The van der Waals surface area contributed by atoms with Gasteiger partial charge >= 0.3 is 0 Å². The van der Waals surface area contributed by atoms with E-state index in [1.807, 2.05) is 24.8 Å². The van der Waals surface area contributed by atoms with Gasteiger partial charge < -0.3 is 10.6 Å². The minimum absolute atomic E-state index is 0.0336. The van der Waals surface area contributed by atoms with E-state index < -0.39 is 0 Å². The largest absolute Gasteiger partial charge is 0.324 e. The Balaban J connectivity index is 2.36. The highest BCUT2D eigenvalue weighted by atomic mass is 16.2. The first-order chi connectivity index (χ1) is 8.60. The molecule has 0 aliphatic carbocycles. The molecule has 0 aromatic heterocycles. The van der Waals surface area contributed by atoms with Gasteiger partial charge in [-0.3, -0.25) is 4.79 Å². The lowest BCUT2D eigenvalue weighted by molar-refractivity contribution is -0.118. The Morgan fingerprint density at radius 3 is 2.72 bits per heavy atom. The van der Waals surface area contributed by atoms with Crippen LogP contribution in [-0.2, 0) is 4.79 Å². The van der Waals surface area contributed by atoms with E-state index in [1.165, 1.54) is 0 Å². The van der Waals surface area contributed by atoms with Crippen LogP contribution < -0.4 is 10.6 Å². The van der Waals surface area contributed by atoms with Gasteiger partial charge in [-0.05, 0) is 37.5 Å². The molecular formula is C15H22N2O. The molecule has 2 unspecified atom stereocenters. The molecule has 1 aromatic rings. The number of likely N-dealkylation sites (N-methyl/N-ethyl adjacent to an activating group) is 1. The molecule has 2 atom stereocenters. The second-order valence-corrected chi connectivity index (χ2v) is 5.02. The van der Waals surface area contributed by atoms with Gasteiger partial charge in [0.2, 0.25) is 5.91 Å². The first-order valence-electron chi connectivity index (χ1n) is 6.80. The van der Waals surface area contributed by atoms with Crippen LogP contribution >= 0.6 is 0 Å². The van der Waals surface area contributed by atoms with Crippen LogP contribution in [0.2, 0.25) is 0 Å². The summed E-state index contributed by atoms with van der Waals surface area (Å²) in [7, 11) is 0. The van der Waals surface area contributed by atoms with Crippen molar-refractivity contribution < 1.29 is 4.79 Å². The van der Waals surface area contributed by atoms with Crippen LogP contribution in [0.1, 0.15) is 56.7 Å². The zero-order chi connectivity index (χ0) is 13.3. The maximum absolute atomic E-state index is 12.1. The number of fused-ring (bicyclic) bond motifs is 1. The lowest BCUT2D eigenvalue weighted by Crippen LogP contribution is -2.27. The molecule has 18 heavy (non-hydrogen) atoms. The van der Waals surface area contributed by atoms with Crippen molar-refractivity contribution in [2.24, 2.45) is 5.73 Å². The first kappa shape index (κ1) is 13.1.